The number of amides is 2. The predicted molar refractivity (Wildman–Crippen MR) is 125 cm³/mol. The summed E-state index contributed by atoms with van der Waals surface area (Å²) in [6.07, 6.45) is 1.86. The molecule has 2 aromatic rings. The summed E-state index contributed by atoms with van der Waals surface area (Å²) in [6, 6.07) is 5.40. The van der Waals surface area contributed by atoms with Gasteiger partial charge >= 0.3 is 0 Å². The summed E-state index contributed by atoms with van der Waals surface area (Å²) in [5.41, 5.74) is 1.31. The van der Waals surface area contributed by atoms with E-state index in [4.69, 9.17) is 4.74 Å². The Bertz CT molecular complexity index is 1180. The van der Waals surface area contributed by atoms with Crippen LogP contribution < -0.4 is 15.4 Å². The first-order valence-electron chi connectivity index (χ1n) is 11.0. The van der Waals surface area contributed by atoms with Crippen molar-refractivity contribution in [1.82, 2.24) is 5.32 Å². The van der Waals surface area contributed by atoms with Gasteiger partial charge in [-0.05, 0) is 56.2 Å². The van der Waals surface area contributed by atoms with Crippen LogP contribution in [-0.2, 0) is 27.5 Å². The first kappa shape index (κ1) is 23.7. The fourth-order valence-corrected chi connectivity index (χ4v) is 7.33. The third kappa shape index (κ3) is 5.38. The predicted octanol–water partition coefficient (Wildman–Crippen LogP) is 3.33. The molecule has 2 aliphatic rings. The molecule has 0 bridgehead atoms. The number of benzene rings is 1. The van der Waals surface area contributed by atoms with Gasteiger partial charge in [0.2, 0.25) is 0 Å². The second kappa shape index (κ2) is 9.42. The standard InChI is InChI=1S/C23H27FN2O5S2/c1-13-7-8-16-19(11-13)32-23(20(16)22(28)25-15-9-10-33(29,30)12-15)26-21(27)14(2)31-18-6-4-3-5-17(18)24/h3-6,13-15H,7-12H2,1-2H3,(H,25,28)(H,26,27)/t13-,14+,15+/m1/s1. The van der Waals surface area contributed by atoms with Gasteiger partial charge in [-0.25, -0.2) is 12.8 Å². The van der Waals surface area contributed by atoms with E-state index in [1.807, 2.05) is 0 Å². The van der Waals surface area contributed by atoms with E-state index in [-0.39, 0.29) is 23.2 Å². The fraction of sp³-hybridized carbons (Fsp3) is 0.478. The minimum absolute atomic E-state index is 0.0279. The number of ether oxygens (including phenoxy) is 1. The Labute approximate surface area is 196 Å². The van der Waals surface area contributed by atoms with Crippen LogP contribution in [0.2, 0.25) is 0 Å². The Balaban J connectivity index is 1.55. The van der Waals surface area contributed by atoms with Crippen LogP contribution in [0.1, 0.15) is 47.5 Å². The molecule has 1 aromatic carbocycles. The van der Waals surface area contributed by atoms with Crippen LogP contribution in [0.15, 0.2) is 24.3 Å². The third-order valence-corrected chi connectivity index (χ3v) is 8.99. The molecule has 7 nitrogen and oxygen atoms in total. The average Bonchev–Trinajstić information content (AvgIpc) is 3.27. The highest BCUT2D eigenvalue weighted by Gasteiger charge is 2.33. The molecule has 0 spiro atoms. The zero-order chi connectivity index (χ0) is 23.8. The van der Waals surface area contributed by atoms with Crippen molar-refractivity contribution in [3.05, 3.63) is 46.1 Å². The Morgan fingerprint density at radius 3 is 2.70 bits per heavy atom. The van der Waals surface area contributed by atoms with Gasteiger partial charge in [-0.3, -0.25) is 9.59 Å². The number of rotatable bonds is 6. The molecule has 178 valence electrons. The summed E-state index contributed by atoms with van der Waals surface area (Å²) in [4.78, 5) is 27.1. The molecule has 0 saturated carbocycles. The monoisotopic (exact) mass is 494 g/mol. The first-order chi connectivity index (χ1) is 15.6. The van der Waals surface area contributed by atoms with Gasteiger partial charge in [-0.15, -0.1) is 11.3 Å². The van der Waals surface area contributed by atoms with E-state index >= 15 is 0 Å². The number of sulfone groups is 1. The topological polar surface area (TPSA) is 102 Å². The summed E-state index contributed by atoms with van der Waals surface area (Å²) < 4.78 is 43.0. The zero-order valence-electron chi connectivity index (χ0n) is 18.5. The average molecular weight is 495 g/mol. The highest BCUT2D eigenvalue weighted by molar-refractivity contribution is 7.91. The summed E-state index contributed by atoms with van der Waals surface area (Å²) in [6.45, 7) is 3.66. The third-order valence-electron chi connectivity index (χ3n) is 6.05. The van der Waals surface area contributed by atoms with E-state index in [0.29, 0.717) is 22.9 Å². The molecule has 1 aliphatic heterocycles. The molecule has 1 saturated heterocycles. The molecule has 2 N–H and O–H groups in total. The van der Waals surface area contributed by atoms with Crippen molar-refractivity contribution in [2.24, 2.45) is 5.92 Å². The molecule has 0 unspecified atom stereocenters. The number of para-hydroxylation sites is 1. The van der Waals surface area contributed by atoms with Gasteiger partial charge in [-0.2, -0.15) is 0 Å². The van der Waals surface area contributed by atoms with Crippen molar-refractivity contribution in [2.45, 2.75) is 51.7 Å². The molecule has 1 aromatic heterocycles. The number of hydrogen-bond donors (Lipinski definition) is 2. The van der Waals surface area contributed by atoms with E-state index in [9.17, 15) is 22.4 Å². The van der Waals surface area contributed by atoms with Crippen LogP contribution in [0.4, 0.5) is 9.39 Å². The molecule has 0 radical (unpaired) electrons. The van der Waals surface area contributed by atoms with Gasteiger partial charge in [0.05, 0.1) is 17.1 Å². The van der Waals surface area contributed by atoms with E-state index in [1.54, 1.807) is 6.07 Å². The van der Waals surface area contributed by atoms with Crippen LogP contribution in [0, 0.1) is 11.7 Å². The maximum Gasteiger partial charge on any atom is 0.265 e. The van der Waals surface area contributed by atoms with Crippen molar-refractivity contribution in [1.29, 1.82) is 0 Å². The molecular weight excluding hydrogens is 467 g/mol. The lowest BCUT2D eigenvalue weighted by molar-refractivity contribution is -0.122. The van der Waals surface area contributed by atoms with Crippen molar-refractivity contribution >= 4 is 38.0 Å². The lowest BCUT2D eigenvalue weighted by Crippen LogP contribution is -2.37. The van der Waals surface area contributed by atoms with E-state index in [0.717, 1.165) is 29.7 Å². The number of hydrogen-bond acceptors (Lipinski definition) is 6. The van der Waals surface area contributed by atoms with E-state index in [2.05, 4.69) is 17.6 Å². The smallest absolute Gasteiger partial charge is 0.265 e. The lowest BCUT2D eigenvalue weighted by Gasteiger charge is -2.19. The fourth-order valence-electron chi connectivity index (χ4n) is 4.24. The normalized spacial score (nSPS) is 22.3. The van der Waals surface area contributed by atoms with Crippen molar-refractivity contribution in [2.75, 3.05) is 16.8 Å². The molecular formula is C23H27FN2O5S2. The number of nitrogens with one attached hydrogen (secondary N) is 2. The Hall–Kier alpha value is -2.46. The van der Waals surface area contributed by atoms with Crippen molar-refractivity contribution < 1.29 is 27.1 Å². The van der Waals surface area contributed by atoms with Gasteiger partial charge in [0.25, 0.3) is 11.8 Å². The van der Waals surface area contributed by atoms with Gasteiger partial charge < -0.3 is 15.4 Å². The van der Waals surface area contributed by atoms with Crippen molar-refractivity contribution in [3.63, 3.8) is 0 Å². The molecule has 10 heteroatoms. The van der Waals surface area contributed by atoms with Crippen LogP contribution in [0.25, 0.3) is 0 Å². The van der Waals surface area contributed by atoms with E-state index < -0.39 is 33.7 Å². The Morgan fingerprint density at radius 1 is 1.24 bits per heavy atom. The molecule has 1 aliphatic carbocycles. The number of carbonyl (C=O) groups excluding carboxylic acids is 2. The quantitative estimate of drug-likeness (QED) is 0.642. The molecule has 3 atom stereocenters. The van der Waals surface area contributed by atoms with Gasteiger partial charge in [0.1, 0.15) is 5.00 Å². The highest BCUT2D eigenvalue weighted by Crippen LogP contribution is 2.40. The minimum Gasteiger partial charge on any atom is -0.478 e. The summed E-state index contributed by atoms with van der Waals surface area (Å²) in [5.74, 6) is -1.00. The van der Waals surface area contributed by atoms with Gasteiger partial charge in [0.15, 0.2) is 27.5 Å². The summed E-state index contributed by atoms with van der Waals surface area (Å²) >= 11 is 1.37. The summed E-state index contributed by atoms with van der Waals surface area (Å²) in [5, 5.41) is 6.06. The zero-order valence-corrected chi connectivity index (χ0v) is 20.2. The molecule has 4 rings (SSSR count). The highest BCUT2D eigenvalue weighted by atomic mass is 32.2. The number of fused-ring (bicyclic) bond motifs is 1. The number of halogens is 1. The van der Waals surface area contributed by atoms with Crippen LogP contribution >= 0.6 is 11.3 Å². The molecule has 2 amide bonds. The van der Waals surface area contributed by atoms with Gasteiger partial charge in [-0.1, -0.05) is 19.1 Å². The lowest BCUT2D eigenvalue weighted by atomic mass is 9.88. The van der Waals surface area contributed by atoms with E-state index in [1.165, 1.54) is 36.5 Å². The molecule has 33 heavy (non-hydrogen) atoms. The SMILES string of the molecule is C[C@@H]1CCc2c(sc(NC(=O)[C@H](C)Oc3ccccc3F)c2C(=O)N[C@H]2CCS(=O)(=O)C2)C1. The molecule has 1 fully saturated rings. The Morgan fingerprint density at radius 2 is 2.00 bits per heavy atom. The van der Waals surface area contributed by atoms with Crippen LogP contribution in [0.3, 0.4) is 0 Å². The second-order valence-corrected chi connectivity index (χ2v) is 12.1. The first-order valence-corrected chi connectivity index (χ1v) is 13.6. The van der Waals surface area contributed by atoms with Crippen LogP contribution in [0.5, 0.6) is 5.75 Å². The maximum atomic E-state index is 13.9. The second-order valence-electron chi connectivity index (χ2n) is 8.81. The number of carbonyl (C=O) groups is 2. The minimum atomic E-state index is -3.14. The maximum absolute atomic E-state index is 13.9. The summed E-state index contributed by atoms with van der Waals surface area (Å²) in [7, 11) is -3.14. The van der Waals surface area contributed by atoms with Crippen molar-refractivity contribution in [3.8, 4) is 5.75 Å². The Kier molecular flexibility index (Phi) is 6.76. The molecule has 2 heterocycles. The number of thiophene rings is 1. The largest absolute Gasteiger partial charge is 0.478 e. The number of anilines is 1. The van der Waals surface area contributed by atoms with Crippen LogP contribution in [-0.4, -0.2) is 43.9 Å². The van der Waals surface area contributed by atoms with Gasteiger partial charge in [0, 0.05) is 10.9 Å².